The van der Waals surface area contributed by atoms with Crippen molar-refractivity contribution >= 4 is 34.5 Å². The first kappa shape index (κ1) is 16.7. The van der Waals surface area contributed by atoms with Gasteiger partial charge in [-0.2, -0.15) is 0 Å². The van der Waals surface area contributed by atoms with Crippen LogP contribution in [0, 0.1) is 6.92 Å². The van der Waals surface area contributed by atoms with Crippen LogP contribution in [-0.2, 0) is 6.54 Å². The zero-order valence-electron chi connectivity index (χ0n) is 13.8. The molecular weight excluding hydrogens is 370 g/mol. The predicted molar refractivity (Wildman–Crippen MR) is 101 cm³/mol. The van der Waals surface area contributed by atoms with E-state index in [1.165, 1.54) is 11.3 Å². The number of pyridine rings is 1. The van der Waals surface area contributed by atoms with E-state index in [0.29, 0.717) is 21.4 Å². The maximum Gasteiger partial charge on any atom is 0.263 e. The number of hydrogen-bond acceptors (Lipinski definition) is 5. The summed E-state index contributed by atoms with van der Waals surface area (Å²) in [5.41, 5.74) is 2.38. The van der Waals surface area contributed by atoms with Crippen LogP contribution in [-0.4, -0.2) is 25.5 Å². The van der Waals surface area contributed by atoms with Gasteiger partial charge in [0.1, 0.15) is 9.88 Å². The van der Waals surface area contributed by atoms with Crippen molar-refractivity contribution in [2.45, 2.75) is 13.5 Å². The van der Waals surface area contributed by atoms with E-state index < -0.39 is 0 Å². The Morgan fingerprint density at radius 1 is 1.19 bits per heavy atom. The molecule has 0 aliphatic rings. The third-order valence-corrected chi connectivity index (χ3v) is 5.34. The molecule has 26 heavy (non-hydrogen) atoms. The number of rotatable bonds is 4. The molecule has 0 fully saturated rings. The number of carbonyl (C=O) groups is 1. The standard InChI is InChI=1S/C18H14ClN5OS/c1-11-16(26-18(21-11)12-5-7-13(19)8-6-12)17(25)20-10-15-23-22-14-4-2-3-9-24(14)15/h2-9H,10H2,1H3,(H,20,25). The summed E-state index contributed by atoms with van der Waals surface area (Å²) in [5.74, 6) is 0.502. The van der Waals surface area contributed by atoms with E-state index in [1.54, 1.807) is 0 Å². The SMILES string of the molecule is Cc1nc(-c2ccc(Cl)cc2)sc1C(=O)NCc1nnc2ccccn12. The van der Waals surface area contributed by atoms with Gasteiger partial charge in [0.25, 0.3) is 5.91 Å². The molecule has 8 heteroatoms. The van der Waals surface area contributed by atoms with E-state index in [0.717, 1.165) is 16.2 Å². The quantitative estimate of drug-likeness (QED) is 0.582. The Kier molecular flexibility index (Phi) is 4.40. The summed E-state index contributed by atoms with van der Waals surface area (Å²) in [5, 5.41) is 12.5. The van der Waals surface area contributed by atoms with E-state index in [2.05, 4.69) is 20.5 Å². The smallest absolute Gasteiger partial charge is 0.263 e. The van der Waals surface area contributed by atoms with E-state index in [9.17, 15) is 4.79 Å². The monoisotopic (exact) mass is 383 g/mol. The van der Waals surface area contributed by atoms with Crippen LogP contribution in [0.15, 0.2) is 48.7 Å². The molecule has 6 nitrogen and oxygen atoms in total. The van der Waals surface area contributed by atoms with Gasteiger partial charge in [0.15, 0.2) is 11.5 Å². The molecule has 0 saturated heterocycles. The molecule has 3 aromatic heterocycles. The van der Waals surface area contributed by atoms with Gasteiger partial charge in [-0.25, -0.2) is 4.98 Å². The number of carbonyl (C=O) groups excluding carboxylic acids is 1. The number of benzene rings is 1. The number of nitrogens with zero attached hydrogens (tertiary/aromatic N) is 4. The summed E-state index contributed by atoms with van der Waals surface area (Å²) in [7, 11) is 0. The molecule has 0 atom stereocenters. The highest BCUT2D eigenvalue weighted by molar-refractivity contribution is 7.17. The minimum Gasteiger partial charge on any atom is -0.344 e. The molecule has 0 saturated carbocycles. The molecule has 1 aromatic carbocycles. The summed E-state index contributed by atoms with van der Waals surface area (Å²) in [6, 6.07) is 13.1. The van der Waals surface area contributed by atoms with Crippen molar-refractivity contribution in [3.05, 3.63) is 70.1 Å². The first-order chi connectivity index (χ1) is 12.6. The van der Waals surface area contributed by atoms with Crippen molar-refractivity contribution in [2.24, 2.45) is 0 Å². The molecule has 0 unspecified atom stereocenters. The maximum absolute atomic E-state index is 12.6. The normalized spacial score (nSPS) is 11.0. The number of fused-ring (bicyclic) bond motifs is 1. The molecule has 1 amide bonds. The summed E-state index contributed by atoms with van der Waals surface area (Å²) < 4.78 is 1.85. The zero-order valence-corrected chi connectivity index (χ0v) is 15.4. The third kappa shape index (κ3) is 3.18. The first-order valence-electron chi connectivity index (χ1n) is 7.92. The lowest BCUT2D eigenvalue weighted by Crippen LogP contribution is -2.23. The Morgan fingerprint density at radius 3 is 2.81 bits per heavy atom. The average Bonchev–Trinajstić information content (AvgIpc) is 3.24. The molecule has 4 rings (SSSR count). The first-order valence-corrected chi connectivity index (χ1v) is 9.11. The number of aryl methyl sites for hydroxylation is 1. The zero-order chi connectivity index (χ0) is 18.1. The Hall–Kier alpha value is -2.77. The van der Waals surface area contributed by atoms with Crippen LogP contribution in [0.2, 0.25) is 5.02 Å². The molecule has 0 radical (unpaired) electrons. The maximum atomic E-state index is 12.6. The van der Waals surface area contributed by atoms with E-state index >= 15 is 0 Å². The largest absolute Gasteiger partial charge is 0.344 e. The summed E-state index contributed by atoms with van der Waals surface area (Å²) in [4.78, 5) is 17.7. The molecule has 130 valence electrons. The molecule has 0 bridgehead atoms. The van der Waals surface area contributed by atoms with Crippen LogP contribution < -0.4 is 5.32 Å². The lowest BCUT2D eigenvalue weighted by atomic mass is 10.2. The fourth-order valence-electron chi connectivity index (χ4n) is 2.57. The van der Waals surface area contributed by atoms with Gasteiger partial charge < -0.3 is 5.32 Å². The van der Waals surface area contributed by atoms with E-state index in [1.807, 2.05) is 60.0 Å². The Morgan fingerprint density at radius 2 is 2.00 bits per heavy atom. The van der Waals surface area contributed by atoms with Crippen molar-refractivity contribution in [3.8, 4) is 10.6 Å². The lowest BCUT2D eigenvalue weighted by Gasteiger charge is -2.02. The van der Waals surface area contributed by atoms with Gasteiger partial charge in [0, 0.05) is 16.8 Å². The van der Waals surface area contributed by atoms with Crippen LogP contribution in [0.3, 0.4) is 0 Å². The Bertz CT molecular complexity index is 1090. The fraction of sp³-hybridized carbons (Fsp3) is 0.111. The van der Waals surface area contributed by atoms with E-state index in [-0.39, 0.29) is 12.5 Å². The molecule has 0 aliphatic carbocycles. The Balaban J connectivity index is 1.52. The predicted octanol–water partition coefficient (Wildman–Crippen LogP) is 3.74. The number of hydrogen-bond donors (Lipinski definition) is 1. The lowest BCUT2D eigenvalue weighted by molar-refractivity contribution is 0.0953. The molecule has 1 N–H and O–H groups in total. The highest BCUT2D eigenvalue weighted by atomic mass is 35.5. The number of thiazole rings is 1. The second-order valence-electron chi connectivity index (χ2n) is 5.67. The van der Waals surface area contributed by atoms with Crippen LogP contribution in [0.1, 0.15) is 21.2 Å². The second kappa shape index (κ2) is 6.86. The highest BCUT2D eigenvalue weighted by Gasteiger charge is 2.17. The topological polar surface area (TPSA) is 72.2 Å². The van der Waals surface area contributed by atoms with Crippen LogP contribution in [0.5, 0.6) is 0 Å². The third-order valence-electron chi connectivity index (χ3n) is 3.89. The van der Waals surface area contributed by atoms with Gasteiger partial charge in [-0.3, -0.25) is 9.20 Å². The van der Waals surface area contributed by atoms with Gasteiger partial charge in [-0.1, -0.05) is 29.8 Å². The fourth-order valence-corrected chi connectivity index (χ4v) is 3.69. The summed E-state index contributed by atoms with van der Waals surface area (Å²) >= 11 is 7.28. The van der Waals surface area contributed by atoms with Gasteiger partial charge >= 0.3 is 0 Å². The van der Waals surface area contributed by atoms with Crippen molar-refractivity contribution in [2.75, 3.05) is 0 Å². The van der Waals surface area contributed by atoms with Crippen LogP contribution in [0.4, 0.5) is 0 Å². The molecule has 4 aromatic rings. The van der Waals surface area contributed by atoms with Crippen molar-refractivity contribution in [1.29, 1.82) is 0 Å². The number of aromatic nitrogens is 4. The van der Waals surface area contributed by atoms with Crippen molar-refractivity contribution in [1.82, 2.24) is 24.9 Å². The molecule has 0 aliphatic heterocycles. The highest BCUT2D eigenvalue weighted by Crippen LogP contribution is 2.28. The molecule has 3 heterocycles. The van der Waals surface area contributed by atoms with Crippen molar-refractivity contribution < 1.29 is 4.79 Å². The van der Waals surface area contributed by atoms with Crippen LogP contribution >= 0.6 is 22.9 Å². The van der Waals surface area contributed by atoms with E-state index in [4.69, 9.17) is 11.6 Å². The average molecular weight is 384 g/mol. The van der Waals surface area contributed by atoms with Gasteiger partial charge in [-0.15, -0.1) is 21.5 Å². The Labute approximate surface area is 158 Å². The van der Waals surface area contributed by atoms with Gasteiger partial charge in [0.05, 0.1) is 12.2 Å². The minimum absolute atomic E-state index is 0.173. The second-order valence-corrected chi connectivity index (χ2v) is 7.10. The summed E-state index contributed by atoms with van der Waals surface area (Å²) in [6.45, 7) is 2.12. The van der Waals surface area contributed by atoms with Gasteiger partial charge in [-0.05, 0) is 31.2 Å². The number of amides is 1. The number of halogens is 1. The number of nitrogens with one attached hydrogen (secondary N) is 1. The molecular formula is C18H14ClN5OS. The van der Waals surface area contributed by atoms with Crippen molar-refractivity contribution in [3.63, 3.8) is 0 Å². The molecule has 0 spiro atoms. The minimum atomic E-state index is -0.173. The van der Waals surface area contributed by atoms with Gasteiger partial charge in [0.2, 0.25) is 0 Å². The van der Waals surface area contributed by atoms with Crippen LogP contribution in [0.25, 0.3) is 16.2 Å². The summed E-state index contributed by atoms with van der Waals surface area (Å²) in [6.07, 6.45) is 1.87.